The summed E-state index contributed by atoms with van der Waals surface area (Å²) in [5, 5.41) is 8.99. The highest BCUT2D eigenvalue weighted by Crippen LogP contribution is 2.10. The zero-order valence-corrected chi connectivity index (χ0v) is 10.9. The largest absolute Gasteiger partial charge is 0.477 e. The summed E-state index contributed by atoms with van der Waals surface area (Å²) in [6.45, 7) is 2.55. The number of aromatic carboxylic acids is 1. The van der Waals surface area contributed by atoms with Gasteiger partial charge in [-0.3, -0.25) is 9.78 Å². The van der Waals surface area contributed by atoms with Crippen molar-refractivity contribution in [3.8, 4) is 0 Å². The molecule has 1 amide bonds. The highest BCUT2D eigenvalue weighted by Gasteiger charge is 2.24. The van der Waals surface area contributed by atoms with Crippen LogP contribution >= 0.6 is 0 Å². The van der Waals surface area contributed by atoms with E-state index in [1.807, 2.05) is 13.0 Å². The van der Waals surface area contributed by atoms with E-state index >= 15 is 0 Å². The van der Waals surface area contributed by atoms with Gasteiger partial charge in [0, 0.05) is 12.7 Å². The second-order valence-corrected chi connectivity index (χ2v) is 4.07. The smallest absolute Gasteiger partial charge is 0.354 e. The lowest BCUT2D eigenvalue weighted by Crippen LogP contribution is -2.32. The predicted molar refractivity (Wildman–Crippen MR) is 70.2 cm³/mol. The van der Waals surface area contributed by atoms with E-state index in [1.165, 1.54) is 11.2 Å². The van der Waals surface area contributed by atoms with Gasteiger partial charge < -0.3 is 15.0 Å². The van der Waals surface area contributed by atoms with Crippen LogP contribution in [0.3, 0.4) is 0 Å². The maximum absolute atomic E-state index is 12.3. The quantitative estimate of drug-likeness (QED) is 0.852. The van der Waals surface area contributed by atoms with E-state index in [0.717, 1.165) is 5.69 Å². The topological polar surface area (TPSA) is 99.2 Å². The average Bonchev–Trinajstić information content (AvgIpc) is 2.94. The number of carbonyl (C=O) groups is 2. The molecule has 7 nitrogen and oxygen atoms in total. The number of hydrogen-bond acceptors (Lipinski definition) is 4. The fourth-order valence-electron chi connectivity index (χ4n) is 1.78. The van der Waals surface area contributed by atoms with Gasteiger partial charge in [0.25, 0.3) is 5.91 Å². The van der Waals surface area contributed by atoms with Crippen LogP contribution in [0.4, 0.5) is 0 Å². The number of pyridine rings is 1. The molecule has 0 aliphatic rings. The van der Waals surface area contributed by atoms with Crippen molar-refractivity contribution in [3.63, 3.8) is 0 Å². The number of carboxylic acid groups (broad SMARTS) is 1. The molecule has 0 aliphatic carbocycles. The second kappa shape index (κ2) is 5.96. The number of aromatic amines is 1. The highest BCUT2D eigenvalue weighted by atomic mass is 16.4. The molecule has 2 N–H and O–H groups in total. The van der Waals surface area contributed by atoms with Gasteiger partial charge in [0.15, 0.2) is 11.4 Å². The maximum atomic E-state index is 12.3. The third kappa shape index (κ3) is 2.82. The van der Waals surface area contributed by atoms with Crippen LogP contribution in [0.25, 0.3) is 0 Å². The van der Waals surface area contributed by atoms with E-state index in [-0.39, 0.29) is 11.4 Å². The Balaban J connectivity index is 2.21. The zero-order chi connectivity index (χ0) is 14.5. The number of carboxylic acids is 1. The monoisotopic (exact) mass is 274 g/mol. The highest BCUT2D eigenvalue weighted by molar-refractivity contribution is 6.02. The number of nitrogens with one attached hydrogen (secondary N) is 1. The van der Waals surface area contributed by atoms with Crippen LogP contribution in [-0.4, -0.2) is 43.4 Å². The lowest BCUT2D eigenvalue weighted by atomic mass is 10.2. The molecule has 2 aromatic heterocycles. The van der Waals surface area contributed by atoms with Gasteiger partial charge in [-0.25, -0.2) is 9.78 Å². The molecule has 0 unspecified atom stereocenters. The van der Waals surface area contributed by atoms with Crippen molar-refractivity contribution in [3.05, 3.63) is 47.8 Å². The van der Waals surface area contributed by atoms with Crippen LogP contribution in [0, 0.1) is 0 Å². The Kier molecular flexibility index (Phi) is 4.09. The van der Waals surface area contributed by atoms with Crippen molar-refractivity contribution in [1.82, 2.24) is 19.9 Å². The molecule has 20 heavy (non-hydrogen) atoms. The Morgan fingerprint density at radius 2 is 2.15 bits per heavy atom. The van der Waals surface area contributed by atoms with Crippen molar-refractivity contribution in [2.75, 3.05) is 6.54 Å². The molecular weight excluding hydrogens is 260 g/mol. The zero-order valence-electron chi connectivity index (χ0n) is 10.9. The van der Waals surface area contributed by atoms with Gasteiger partial charge in [-0.2, -0.15) is 0 Å². The summed E-state index contributed by atoms with van der Waals surface area (Å²) in [4.78, 5) is 35.2. The SMILES string of the molecule is CCN(Cc1ccccn1)C(=O)c1nc[nH]c1C(=O)O. The van der Waals surface area contributed by atoms with Crippen molar-refractivity contribution >= 4 is 11.9 Å². The first-order valence-electron chi connectivity index (χ1n) is 6.09. The fraction of sp³-hybridized carbons (Fsp3) is 0.231. The third-order valence-electron chi connectivity index (χ3n) is 2.80. The van der Waals surface area contributed by atoms with Crippen LogP contribution in [0.5, 0.6) is 0 Å². The summed E-state index contributed by atoms with van der Waals surface area (Å²) < 4.78 is 0. The van der Waals surface area contributed by atoms with Gasteiger partial charge in [0.2, 0.25) is 0 Å². The van der Waals surface area contributed by atoms with Gasteiger partial charge in [-0.1, -0.05) is 6.07 Å². The van der Waals surface area contributed by atoms with Crippen LogP contribution in [-0.2, 0) is 6.54 Å². The predicted octanol–water partition coefficient (Wildman–Crippen LogP) is 1.17. The van der Waals surface area contributed by atoms with Crippen LogP contribution in [0.2, 0.25) is 0 Å². The minimum atomic E-state index is -1.21. The molecule has 0 saturated carbocycles. The standard InChI is InChI=1S/C13H14N4O3/c1-2-17(7-9-5-3-4-6-14-9)12(18)10-11(13(19)20)16-8-15-10/h3-6,8H,2,7H2,1H3,(H,15,16)(H,19,20). The average molecular weight is 274 g/mol. The lowest BCUT2D eigenvalue weighted by Gasteiger charge is -2.19. The van der Waals surface area contributed by atoms with Gasteiger partial charge in [0.05, 0.1) is 18.6 Å². The Hall–Kier alpha value is -2.70. The summed E-state index contributed by atoms with van der Waals surface area (Å²) in [5.41, 5.74) is 0.444. The van der Waals surface area contributed by atoms with Crippen LogP contribution in [0.1, 0.15) is 33.6 Å². The Morgan fingerprint density at radius 1 is 1.35 bits per heavy atom. The second-order valence-electron chi connectivity index (χ2n) is 4.07. The van der Waals surface area contributed by atoms with E-state index in [4.69, 9.17) is 5.11 Å². The minimum Gasteiger partial charge on any atom is -0.477 e. The lowest BCUT2D eigenvalue weighted by molar-refractivity contribution is 0.0667. The van der Waals surface area contributed by atoms with Gasteiger partial charge in [-0.15, -0.1) is 0 Å². The van der Waals surface area contributed by atoms with Crippen LogP contribution < -0.4 is 0 Å². The molecule has 0 radical (unpaired) electrons. The minimum absolute atomic E-state index is 0.0877. The first-order valence-corrected chi connectivity index (χ1v) is 6.09. The van der Waals surface area contributed by atoms with Crippen molar-refractivity contribution in [2.45, 2.75) is 13.5 Å². The van der Waals surface area contributed by atoms with E-state index in [9.17, 15) is 9.59 Å². The number of imidazole rings is 1. The number of rotatable bonds is 5. The molecule has 0 fully saturated rings. The molecule has 2 heterocycles. The molecule has 0 aromatic carbocycles. The number of nitrogens with zero attached hydrogens (tertiary/aromatic N) is 3. The summed E-state index contributed by atoms with van der Waals surface area (Å²) in [6.07, 6.45) is 2.84. The number of carbonyl (C=O) groups excluding carboxylic acids is 1. The summed E-state index contributed by atoms with van der Waals surface area (Å²) >= 11 is 0. The number of H-pyrrole nitrogens is 1. The molecular formula is C13H14N4O3. The molecule has 0 saturated heterocycles. The first kappa shape index (κ1) is 13.7. The van der Waals surface area contributed by atoms with E-state index < -0.39 is 11.9 Å². The number of aromatic nitrogens is 3. The third-order valence-corrected chi connectivity index (χ3v) is 2.80. The first-order chi connectivity index (χ1) is 9.63. The van der Waals surface area contributed by atoms with E-state index in [1.54, 1.807) is 18.3 Å². The molecule has 0 atom stereocenters. The van der Waals surface area contributed by atoms with Gasteiger partial charge in [-0.05, 0) is 19.1 Å². The number of amides is 1. The summed E-state index contributed by atoms with van der Waals surface area (Å²) in [7, 11) is 0. The Bertz CT molecular complexity index is 609. The maximum Gasteiger partial charge on any atom is 0.354 e. The molecule has 104 valence electrons. The molecule has 0 spiro atoms. The van der Waals surface area contributed by atoms with E-state index in [0.29, 0.717) is 13.1 Å². The molecule has 0 aliphatic heterocycles. The molecule has 7 heteroatoms. The molecule has 2 rings (SSSR count). The van der Waals surface area contributed by atoms with Crippen molar-refractivity contribution in [2.24, 2.45) is 0 Å². The number of hydrogen-bond donors (Lipinski definition) is 2. The summed E-state index contributed by atoms with van der Waals surface area (Å²) in [6, 6.07) is 5.42. The Labute approximate surface area is 115 Å². The molecule has 0 bridgehead atoms. The van der Waals surface area contributed by atoms with Crippen molar-refractivity contribution < 1.29 is 14.7 Å². The Morgan fingerprint density at radius 3 is 2.75 bits per heavy atom. The summed E-state index contributed by atoms with van der Waals surface area (Å²) in [5.74, 6) is -1.64. The molecule has 2 aromatic rings. The van der Waals surface area contributed by atoms with Crippen molar-refractivity contribution in [1.29, 1.82) is 0 Å². The van der Waals surface area contributed by atoms with E-state index in [2.05, 4.69) is 15.0 Å². The van der Waals surface area contributed by atoms with Crippen LogP contribution in [0.15, 0.2) is 30.7 Å². The van der Waals surface area contributed by atoms with Gasteiger partial charge in [0.1, 0.15) is 0 Å². The van der Waals surface area contributed by atoms with Gasteiger partial charge >= 0.3 is 5.97 Å². The normalized spacial score (nSPS) is 10.2. The fourth-order valence-corrected chi connectivity index (χ4v) is 1.78.